The van der Waals surface area contributed by atoms with Gasteiger partial charge in [-0.2, -0.15) is 5.43 Å². The summed E-state index contributed by atoms with van der Waals surface area (Å²) in [4.78, 5) is 13.4. The Morgan fingerprint density at radius 3 is 2.71 bits per heavy atom. The molecule has 0 aromatic carbocycles. The molecule has 0 fully saturated rings. The van der Waals surface area contributed by atoms with Crippen molar-refractivity contribution in [3.8, 4) is 0 Å². The fourth-order valence-corrected chi connectivity index (χ4v) is 2.41. The van der Waals surface area contributed by atoms with E-state index in [1.807, 2.05) is 20.3 Å². The van der Waals surface area contributed by atoms with Crippen LogP contribution in [0.4, 0.5) is 0 Å². The van der Waals surface area contributed by atoms with Crippen molar-refractivity contribution in [3.05, 3.63) is 17.7 Å². The lowest BCUT2D eigenvalue weighted by molar-refractivity contribution is 0.165. The number of nitrogens with zero attached hydrogens (tertiary/aromatic N) is 5. The van der Waals surface area contributed by atoms with Crippen LogP contribution in [-0.2, 0) is 11.3 Å². The number of methoxy groups -OCH3 is 1. The summed E-state index contributed by atoms with van der Waals surface area (Å²) < 4.78 is 7.38. The lowest BCUT2D eigenvalue weighted by Gasteiger charge is -2.31. The number of amidine groups is 1. The van der Waals surface area contributed by atoms with Crippen molar-refractivity contribution < 1.29 is 4.74 Å². The number of hydrogen-bond acceptors (Lipinski definition) is 7. The minimum absolute atomic E-state index is 0.0969. The second-order valence-electron chi connectivity index (χ2n) is 6.33. The zero-order valence-electron chi connectivity index (χ0n) is 15.3. The average molecular weight is 338 g/mol. The zero-order chi connectivity index (χ0) is 17.5. The maximum absolute atomic E-state index is 5.28. The predicted octanol–water partition coefficient (Wildman–Crippen LogP) is -0.947. The molecule has 1 unspecified atom stereocenters. The molecule has 1 aromatic heterocycles. The normalized spacial score (nSPS) is 19.1. The van der Waals surface area contributed by atoms with Gasteiger partial charge in [0.05, 0.1) is 12.7 Å². The maximum atomic E-state index is 5.28. The second-order valence-corrected chi connectivity index (χ2v) is 6.33. The third-order valence-electron chi connectivity index (χ3n) is 3.69. The summed E-state index contributed by atoms with van der Waals surface area (Å²) in [6.45, 7) is 3.88. The van der Waals surface area contributed by atoms with Crippen molar-refractivity contribution in [2.75, 3.05) is 61.5 Å². The SMILES string of the molecule is COCc1ncc2n1C(NCCN(C)C)NNC2=NCCN(C)C. The number of fused-ring (bicyclic) bond motifs is 1. The van der Waals surface area contributed by atoms with Crippen LogP contribution < -0.4 is 16.2 Å². The molecule has 0 saturated heterocycles. The fourth-order valence-electron chi connectivity index (χ4n) is 2.41. The number of rotatable bonds is 9. The molecule has 2 heterocycles. The second kappa shape index (κ2) is 9.09. The van der Waals surface area contributed by atoms with Gasteiger partial charge in [0.1, 0.15) is 18.1 Å². The van der Waals surface area contributed by atoms with Gasteiger partial charge >= 0.3 is 0 Å². The van der Waals surface area contributed by atoms with E-state index in [2.05, 4.69) is 54.6 Å². The first-order chi connectivity index (χ1) is 11.5. The van der Waals surface area contributed by atoms with Gasteiger partial charge < -0.3 is 20.0 Å². The Labute approximate surface area is 144 Å². The molecule has 0 saturated carbocycles. The van der Waals surface area contributed by atoms with Gasteiger partial charge in [-0.1, -0.05) is 0 Å². The van der Waals surface area contributed by atoms with Gasteiger partial charge in [0.25, 0.3) is 0 Å². The van der Waals surface area contributed by atoms with E-state index < -0.39 is 0 Å². The number of imidazole rings is 1. The number of ether oxygens (including phenoxy) is 1. The average Bonchev–Trinajstić information content (AvgIpc) is 2.93. The number of aromatic nitrogens is 2. The van der Waals surface area contributed by atoms with Crippen molar-refractivity contribution in [2.24, 2.45) is 4.99 Å². The molecule has 9 heteroatoms. The van der Waals surface area contributed by atoms with E-state index >= 15 is 0 Å². The summed E-state index contributed by atoms with van der Waals surface area (Å²) in [5.74, 6) is 1.67. The Hall–Kier alpha value is -1.52. The molecule has 1 aliphatic rings. The van der Waals surface area contributed by atoms with Crippen LogP contribution in [0.25, 0.3) is 0 Å². The van der Waals surface area contributed by atoms with Gasteiger partial charge in [-0.25, -0.2) is 4.98 Å². The third kappa shape index (κ3) is 4.99. The smallest absolute Gasteiger partial charge is 0.161 e. The Morgan fingerprint density at radius 1 is 1.29 bits per heavy atom. The molecular weight excluding hydrogens is 308 g/mol. The van der Waals surface area contributed by atoms with E-state index in [-0.39, 0.29) is 6.29 Å². The monoisotopic (exact) mass is 338 g/mol. The van der Waals surface area contributed by atoms with Crippen molar-refractivity contribution in [2.45, 2.75) is 12.9 Å². The quantitative estimate of drug-likeness (QED) is 0.536. The number of hydrogen-bond donors (Lipinski definition) is 3. The van der Waals surface area contributed by atoms with Crippen molar-refractivity contribution in [1.82, 2.24) is 35.5 Å². The van der Waals surface area contributed by atoms with Gasteiger partial charge in [0, 0.05) is 26.7 Å². The van der Waals surface area contributed by atoms with Crippen molar-refractivity contribution >= 4 is 5.84 Å². The summed E-state index contributed by atoms with van der Waals surface area (Å²) in [5.41, 5.74) is 7.42. The highest BCUT2D eigenvalue weighted by Gasteiger charge is 2.26. The topological polar surface area (TPSA) is 82.0 Å². The molecule has 1 aliphatic heterocycles. The van der Waals surface area contributed by atoms with Gasteiger partial charge in [0.15, 0.2) is 12.1 Å². The molecule has 0 radical (unpaired) electrons. The Kier molecular flexibility index (Phi) is 7.13. The van der Waals surface area contributed by atoms with Gasteiger partial charge in [0.2, 0.25) is 0 Å². The van der Waals surface area contributed by atoms with Crippen LogP contribution in [0.5, 0.6) is 0 Å². The third-order valence-corrected chi connectivity index (χ3v) is 3.69. The van der Waals surface area contributed by atoms with E-state index in [4.69, 9.17) is 4.74 Å². The van der Waals surface area contributed by atoms with Crippen LogP contribution in [-0.4, -0.2) is 86.7 Å². The van der Waals surface area contributed by atoms with Gasteiger partial charge in [-0.15, -0.1) is 0 Å². The van der Waals surface area contributed by atoms with Crippen LogP contribution in [0.2, 0.25) is 0 Å². The van der Waals surface area contributed by atoms with E-state index in [9.17, 15) is 0 Å². The summed E-state index contributed by atoms with van der Waals surface area (Å²) in [6.07, 6.45) is 1.75. The molecule has 0 aliphatic carbocycles. The summed E-state index contributed by atoms with van der Waals surface area (Å²) in [7, 11) is 9.87. The Morgan fingerprint density at radius 2 is 2.04 bits per heavy atom. The lowest BCUT2D eigenvalue weighted by Crippen LogP contribution is -2.55. The van der Waals surface area contributed by atoms with Crippen molar-refractivity contribution in [3.63, 3.8) is 0 Å². The first-order valence-corrected chi connectivity index (χ1v) is 8.17. The summed E-state index contributed by atoms with van der Waals surface area (Å²) >= 11 is 0. The molecule has 1 atom stereocenters. The van der Waals surface area contributed by atoms with E-state index in [1.54, 1.807) is 7.11 Å². The van der Waals surface area contributed by atoms with Crippen molar-refractivity contribution in [1.29, 1.82) is 0 Å². The molecule has 9 nitrogen and oxygen atoms in total. The number of aliphatic imine (C=N–C) groups is 1. The molecule has 2 rings (SSSR count). The molecule has 0 spiro atoms. The minimum atomic E-state index is -0.0969. The van der Waals surface area contributed by atoms with Crippen LogP contribution in [0, 0.1) is 0 Å². The summed E-state index contributed by atoms with van der Waals surface area (Å²) in [6, 6.07) is 0. The molecular formula is C15H30N8O. The minimum Gasteiger partial charge on any atom is -0.377 e. The molecule has 0 amide bonds. The highest BCUT2D eigenvalue weighted by Crippen LogP contribution is 2.15. The van der Waals surface area contributed by atoms with Crippen LogP contribution >= 0.6 is 0 Å². The van der Waals surface area contributed by atoms with Crippen LogP contribution in [0.1, 0.15) is 17.8 Å². The van der Waals surface area contributed by atoms with E-state index in [0.717, 1.165) is 43.5 Å². The lowest BCUT2D eigenvalue weighted by atomic mass is 10.3. The Balaban J connectivity index is 2.15. The molecule has 0 bridgehead atoms. The van der Waals surface area contributed by atoms with Crippen LogP contribution in [0.3, 0.4) is 0 Å². The predicted molar refractivity (Wildman–Crippen MR) is 94.8 cm³/mol. The maximum Gasteiger partial charge on any atom is 0.161 e. The summed E-state index contributed by atoms with van der Waals surface area (Å²) in [5, 5.41) is 3.48. The van der Waals surface area contributed by atoms with Gasteiger partial charge in [-0.05, 0) is 28.2 Å². The highest BCUT2D eigenvalue weighted by molar-refractivity contribution is 5.97. The first-order valence-electron chi connectivity index (χ1n) is 8.17. The number of hydrazine groups is 1. The number of likely N-dealkylation sites (N-methyl/N-ethyl adjacent to an activating group) is 2. The van der Waals surface area contributed by atoms with E-state index in [0.29, 0.717) is 6.61 Å². The largest absolute Gasteiger partial charge is 0.377 e. The molecule has 3 N–H and O–H groups in total. The Bertz CT molecular complexity index is 540. The van der Waals surface area contributed by atoms with E-state index in [1.165, 1.54) is 0 Å². The highest BCUT2D eigenvalue weighted by atomic mass is 16.5. The number of nitrogens with one attached hydrogen (secondary N) is 3. The molecule has 136 valence electrons. The van der Waals surface area contributed by atoms with Gasteiger partial charge in [-0.3, -0.25) is 14.9 Å². The first kappa shape index (κ1) is 18.8. The molecule has 1 aromatic rings. The standard InChI is InChI=1S/C15H30N8O/c1-21(2)8-6-16-14-12-10-18-13(11-24-5)23(12)15(20-19-14)17-7-9-22(3)4/h10,15,17,20H,6-9,11H2,1-5H3,(H,16,19). The molecule has 24 heavy (non-hydrogen) atoms. The van der Waals surface area contributed by atoms with Crippen LogP contribution in [0.15, 0.2) is 11.2 Å². The fraction of sp³-hybridized carbons (Fsp3) is 0.733. The zero-order valence-corrected chi connectivity index (χ0v) is 15.3.